The van der Waals surface area contributed by atoms with Crippen molar-refractivity contribution >= 4 is 46.9 Å². The van der Waals surface area contributed by atoms with Crippen LogP contribution < -0.4 is 21.3 Å². The Kier molecular flexibility index (Phi) is 7.45. The molecule has 0 bridgehead atoms. The number of aliphatic hydroxyl groups excluding tert-OH is 1. The Morgan fingerprint density at radius 1 is 1.35 bits per heavy atom. The molecule has 0 aromatic heterocycles. The maximum absolute atomic E-state index is 12.4. The smallest absolute Gasteiger partial charge is 0.353 e. The molecule has 31 heavy (non-hydrogen) atoms. The fourth-order valence-corrected chi connectivity index (χ4v) is 6.01. The van der Waals surface area contributed by atoms with Crippen LogP contribution in [0.5, 0.6) is 0 Å². The Morgan fingerprint density at radius 3 is 2.65 bits per heavy atom. The van der Waals surface area contributed by atoms with Crippen LogP contribution in [0.15, 0.2) is 10.6 Å². The molecule has 6 N–H and O–H groups in total. The SMILES string of the molecule is CNC(=S)NCCNC(=O)[C@@H]1C[C@H](SC2=C(C(=O)O)N3C(=O)C([C@@H](C)O)C3[C@H]2C)CN1. The minimum absolute atomic E-state index is 0.0105. The summed E-state index contributed by atoms with van der Waals surface area (Å²) in [5.74, 6) is -2.34. The monoisotopic (exact) mass is 471 g/mol. The number of carboxylic acids is 1. The first-order valence-electron chi connectivity index (χ1n) is 10.3. The number of nitrogens with zero attached hydrogens (tertiary/aromatic N) is 1. The van der Waals surface area contributed by atoms with Crippen molar-refractivity contribution in [3.05, 3.63) is 10.6 Å². The van der Waals surface area contributed by atoms with Gasteiger partial charge in [0.25, 0.3) is 0 Å². The van der Waals surface area contributed by atoms with Gasteiger partial charge < -0.3 is 36.4 Å². The zero-order chi connectivity index (χ0) is 22.9. The van der Waals surface area contributed by atoms with Gasteiger partial charge in [-0.25, -0.2) is 4.79 Å². The Bertz CT molecular complexity index is 805. The van der Waals surface area contributed by atoms with E-state index in [4.69, 9.17) is 12.2 Å². The molecule has 2 fully saturated rings. The van der Waals surface area contributed by atoms with Crippen LogP contribution in [0.2, 0.25) is 0 Å². The zero-order valence-corrected chi connectivity index (χ0v) is 19.3. The second-order valence-corrected chi connectivity index (χ2v) is 9.76. The third-order valence-corrected chi connectivity index (χ3v) is 7.81. The average molecular weight is 472 g/mol. The van der Waals surface area contributed by atoms with E-state index in [1.807, 2.05) is 6.92 Å². The van der Waals surface area contributed by atoms with Gasteiger partial charge in [-0.05, 0) is 25.6 Å². The van der Waals surface area contributed by atoms with Crippen LogP contribution in [-0.4, -0.2) is 88.1 Å². The Labute approximate surface area is 190 Å². The number of carbonyl (C=O) groups excluding carboxylic acids is 2. The van der Waals surface area contributed by atoms with Gasteiger partial charge in [-0.3, -0.25) is 9.59 Å². The first kappa shape index (κ1) is 23.8. The van der Waals surface area contributed by atoms with Crippen LogP contribution in [0.3, 0.4) is 0 Å². The molecule has 3 heterocycles. The number of amides is 2. The molecule has 3 aliphatic rings. The fourth-order valence-electron chi connectivity index (χ4n) is 4.42. The number of carbonyl (C=O) groups is 3. The van der Waals surface area contributed by atoms with E-state index in [2.05, 4.69) is 21.3 Å². The summed E-state index contributed by atoms with van der Waals surface area (Å²) in [6.45, 7) is 4.96. The van der Waals surface area contributed by atoms with Crippen molar-refractivity contribution in [3.8, 4) is 0 Å². The number of hydrogen-bond acceptors (Lipinski definition) is 7. The highest BCUT2D eigenvalue weighted by atomic mass is 32.2. The van der Waals surface area contributed by atoms with E-state index in [9.17, 15) is 24.6 Å². The molecule has 3 aliphatic heterocycles. The summed E-state index contributed by atoms with van der Waals surface area (Å²) in [4.78, 5) is 38.7. The predicted octanol–water partition coefficient (Wildman–Crippen LogP) is -1.19. The van der Waals surface area contributed by atoms with Gasteiger partial charge in [0.2, 0.25) is 11.8 Å². The predicted molar refractivity (Wildman–Crippen MR) is 120 cm³/mol. The standard InChI is InChI=1S/C19H29N5O5S2/c1-8-13-12(9(2)25)17(27)24(13)14(18(28)29)15(8)31-10-6-11(23-7-10)16(26)21-4-5-22-19(30)20-3/h8-13,23,25H,4-7H2,1-3H3,(H,21,26)(H,28,29)(H2,20,22,30)/t8-,9-,10+,11+,12?,13?/m1/s1. The number of fused-ring (bicyclic) bond motifs is 1. The highest BCUT2D eigenvalue weighted by Gasteiger charge is 2.60. The van der Waals surface area contributed by atoms with Crippen molar-refractivity contribution in [3.63, 3.8) is 0 Å². The molecule has 12 heteroatoms. The average Bonchev–Trinajstić information content (AvgIpc) is 3.27. The summed E-state index contributed by atoms with van der Waals surface area (Å²) in [6.07, 6.45) is -0.269. The Hall–Kier alpha value is -1.89. The second kappa shape index (κ2) is 9.72. The molecule has 0 radical (unpaired) electrons. The van der Waals surface area contributed by atoms with Gasteiger partial charge in [0, 0.05) is 42.8 Å². The molecule has 10 nitrogen and oxygen atoms in total. The number of hydrogen-bond donors (Lipinski definition) is 6. The topological polar surface area (TPSA) is 143 Å². The lowest BCUT2D eigenvalue weighted by Gasteiger charge is -2.46. The van der Waals surface area contributed by atoms with Crippen LogP contribution in [0.25, 0.3) is 0 Å². The van der Waals surface area contributed by atoms with E-state index in [0.717, 1.165) is 0 Å². The van der Waals surface area contributed by atoms with Gasteiger partial charge >= 0.3 is 5.97 Å². The van der Waals surface area contributed by atoms with Gasteiger partial charge in [-0.15, -0.1) is 11.8 Å². The fraction of sp³-hybridized carbons (Fsp3) is 0.684. The van der Waals surface area contributed by atoms with Crippen LogP contribution in [0.1, 0.15) is 20.3 Å². The van der Waals surface area contributed by atoms with Gasteiger partial charge in [-0.1, -0.05) is 6.92 Å². The van der Waals surface area contributed by atoms with Gasteiger partial charge in [0.1, 0.15) is 5.70 Å². The molecular weight excluding hydrogens is 442 g/mol. The van der Waals surface area contributed by atoms with Crippen LogP contribution in [0.4, 0.5) is 0 Å². The number of aliphatic hydroxyl groups is 1. The lowest BCUT2D eigenvalue weighted by atomic mass is 9.79. The number of nitrogens with one attached hydrogen (secondary N) is 4. The van der Waals surface area contributed by atoms with E-state index in [-0.39, 0.29) is 40.8 Å². The highest BCUT2D eigenvalue weighted by molar-refractivity contribution is 8.03. The van der Waals surface area contributed by atoms with Gasteiger partial charge in [0.15, 0.2) is 5.11 Å². The molecule has 172 valence electrons. The summed E-state index contributed by atoms with van der Waals surface area (Å²) in [5.41, 5.74) is 0.0175. The second-order valence-electron chi connectivity index (χ2n) is 8.01. The van der Waals surface area contributed by atoms with Crippen molar-refractivity contribution in [2.45, 2.75) is 43.7 Å². The third-order valence-electron chi connectivity index (χ3n) is 5.95. The number of β-lactam (4-membered cyclic amide) rings is 1. The van der Waals surface area contributed by atoms with Crippen LogP contribution in [0, 0.1) is 11.8 Å². The van der Waals surface area contributed by atoms with Gasteiger partial charge in [-0.2, -0.15) is 0 Å². The van der Waals surface area contributed by atoms with Crippen molar-refractivity contribution in [1.29, 1.82) is 0 Å². The Balaban J connectivity index is 1.58. The maximum Gasteiger partial charge on any atom is 0.353 e. The van der Waals surface area contributed by atoms with Crippen LogP contribution in [-0.2, 0) is 14.4 Å². The Morgan fingerprint density at radius 2 is 2.03 bits per heavy atom. The third kappa shape index (κ3) is 4.66. The minimum Gasteiger partial charge on any atom is -0.477 e. The van der Waals surface area contributed by atoms with Crippen molar-refractivity contribution < 1.29 is 24.6 Å². The molecule has 6 atom stereocenters. The normalized spacial score (nSPS) is 30.5. The number of rotatable bonds is 8. The zero-order valence-electron chi connectivity index (χ0n) is 17.7. The summed E-state index contributed by atoms with van der Waals surface area (Å²) in [5, 5.41) is 32.0. The van der Waals surface area contributed by atoms with Crippen molar-refractivity contribution in [1.82, 2.24) is 26.2 Å². The number of thiocarbonyl (C=S) groups is 1. The summed E-state index contributed by atoms with van der Waals surface area (Å²) in [7, 11) is 1.72. The molecule has 2 saturated heterocycles. The lowest BCUT2D eigenvalue weighted by molar-refractivity contribution is -0.163. The van der Waals surface area contributed by atoms with E-state index in [1.165, 1.54) is 16.7 Å². The van der Waals surface area contributed by atoms with Gasteiger partial charge in [0.05, 0.1) is 24.1 Å². The molecule has 0 saturated carbocycles. The molecular formula is C19H29N5O5S2. The first-order valence-corrected chi connectivity index (χ1v) is 11.6. The lowest BCUT2D eigenvalue weighted by Crippen LogP contribution is -2.63. The quantitative estimate of drug-likeness (QED) is 0.145. The minimum atomic E-state index is -1.14. The largest absolute Gasteiger partial charge is 0.477 e. The molecule has 0 spiro atoms. The van der Waals surface area contributed by atoms with E-state index in [1.54, 1.807) is 14.0 Å². The number of aliphatic carboxylic acids is 1. The first-order chi connectivity index (χ1) is 14.7. The molecule has 0 aromatic rings. The van der Waals surface area contributed by atoms with E-state index in [0.29, 0.717) is 36.1 Å². The van der Waals surface area contributed by atoms with E-state index >= 15 is 0 Å². The summed E-state index contributed by atoms with van der Waals surface area (Å²) >= 11 is 6.40. The highest BCUT2D eigenvalue weighted by Crippen LogP contribution is 2.51. The van der Waals surface area contributed by atoms with Crippen molar-refractivity contribution in [2.75, 3.05) is 26.7 Å². The maximum atomic E-state index is 12.4. The molecule has 0 aromatic carbocycles. The van der Waals surface area contributed by atoms with Crippen LogP contribution >= 0.6 is 24.0 Å². The molecule has 2 unspecified atom stereocenters. The number of thioether (sulfide) groups is 1. The summed E-state index contributed by atoms with van der Waals surface area (Å²) in [6, 6.07) is -0.686. The molecule has 3 rings (SSSR count). The molecule has 0 aliphatic carbocycles. The van der Waals surface area contributed by atoms with Crippen molar-refractivity contribution in [2.24, 2.45) is 11.8 Å². The number of carboxylic acid groups (broad SMARTS) is 1. The summed E-state index contributed by atoms with van der Waals surface area (Å²) < 4.78 is 0. The van der Waals surface area contributed by atoms with E-state index < -0.39 is 18.0 Å². The molecule has 2 amide bonds.